The van der Waals surface area contributed by atoms with Crippen molar-refractivity contribution in [1.82, 2.24) is 4.98 Å². The molecule has 0 spiro atoms. The number of thiazole rings is 1. The molecule has 0 N–H and O–H groups in total. The molecule has 0 aliphatic rings. The van der Waals surface area contributed by atoms with Crippen LogP contribution >= 0.6 is 11.3 Å². The van der Waals surface area contributed by atoms with E-state index in [0.29, 0.717) is 0 Å². The van der Waals surface area contributed by atoms with E-state index in [0.717, 1.165) is 9.78 Å². The normalized spacial score (nSPS) is 12.3. The van der Waals surface area contributed by atoms with Crippen LogP contribution in [0, 0.1) is 6.92 Å². The Labute approximate surface area is 138 Å². The maximum absolute atomic E-state index is 6.02. The van der Waals surface area contributed by atoms with E-state index in [1.807, 2.05) is 54.7 Å². The first kappa shape index (κ1) is 20.2. The molecule has 0 aromatic carbocycles. The van der Waals surface area contributed by atoms with E-state index in [1.165, 1.54) is 0 Å². The summed E-state index contributed by atoms with van der Waals surface area (Å²) in [5.41, 5.74) is 0. The Balaban J connectivity index is 0.00000361. The first-order chi connectivity index (χ1) is 8.75. The van der Waals surface area contributed by atoms with Gasteiger partial charge in [-0.3, -0.25) is 4.98 Å². The van der Waals surface area contributed by atoms with Crippen molar-refractivity contribution in [2.45, 2.75) is 66.8 Å². The summed E-state index contributed by atoms with van der Waals surface area (Å²) in [6.45, 7) is 11.9. The van der Waals surface area contributed by atoms with E-state index in [-0.39, 0.29) is 37.2 Å². The summed E-state index contributed by atoms with van der Waals surface area (Å²) in [4.78, 5) is 6.31. The van der Waals surface area contributed by atoms with Crippen LogP contribution in [0.2, 0.25) is 0 Å². The fraction of sp³-hybridized carbons (Fsp3) is 0.769. The van der Waals surface area contributed by atoms with Crippen LogP contribution in [0.3, 0.4) is 0 Å². The molecule has 110 valence electrons. The van der Waals surface area contributed by atoms with Crippen molar-refractivity contribution in [2.24, 2.45) is 0 Å². The Kier molecular flexibility index (Phi) is 8.65. The predicted molar refractivity (Wildman–Crippen MR) is 80.9 cm³/mol. The molecule has 0 aliphatic heterocycles. The minimum atomic E-state index is -1.99. The second-order valence-electron chi connectivity index (χ2n) is 5.51. The summed E-state index contributed by atoms with van der Waals surface area (Å²) in [7, 11) is 0. The minimum Gasteiger partial charge on any atom is -0.537 e. The van der Waals surface area contributed by atoms with E-state index in [4.69, 9.17) is 14.0 Å². The molecule has 0 saturated carbocycles. The van der Waals surface area contributed by atoms with Crippen molar-refractivity contribution in [3.63, 3.8) is 0 Å². The van der Waals surface area contributed by atoms with Crippen LogP contribution in [0.4, 0.5) is 0 Å². The average molecular weight is 293 g/mol. The van der Waals surface area contributed by atoms with E-state index in [1.54, 1.807) is 11.3 Å². The van der Waals surface area contributed by atoms with Crippen molar-refractivity contribution in [2.75, 3.05) is 0 Å². The molecule has 0 unspecified atom stereocenters. The monoisotopic (exact) mass is 293 g/mol. The molecule has 1 aromatic rings. The number of hydrogen-bond acceptors (Lipinski definition) is 5. The van der Waals surface area contributed by atoms with Gasteiger partial charge in [-0.1, -0.05) is 0 Å². The van der Waals surface area contributed by atoms with E-state index < -0.39 is 6.75 Å². The third kappa shape index (κ3) is 5.89. The fourth-order valence-corrected chi connectivity index (χ4v) is 2.73. The Hall–Kier alpha value is 0.172. The number of aryl methyl sites for hydroxylation is 1. The zero-order valence-corrected chi connectivity index (χ0v) is 14.8. The van der Waals surface area contributed by atoms with Gasteiger partial charge in [0.1, 0.15) is 0 Å². The van der Waals surface area contributed by atoms with Gasteiger partial charge >= 0.3 is 25.6 Å². The number of rotatable bonds is 7. The zero-order chi connectivity index (χ0) is 14.6. The SMILES string of the molecule is Cc1cnc([B-](OC(C)C)(OC(C)C)OC(C)C)s1.[Li+]. The Bertz CT molecular complexity index is 372. The average Bonchev–Trinajstić information content (AvgIpc) is 2.61. The molecule has 4 nitrogen and oxygen atoms in total. The van der Waals surface area contributed by atoms with Gasteiger partial charge < -0.3 is 14.0 Å². The molecule has 0 aliphatic carbocycles. The third-order valence-corrected chi connectivity index (χ3v) is 3.33. The van der Waals surface area contributed by atoms with Gasteiger partial charge in [0.25, 0.3) is 0 Å². The molecule has 1 aromatic heterocycles. The van der Waals surface area contributed by atoms with Crippen LogP contribution in [0.5, 0.6) is 0 Å². The van der Waals surface area contributed by atoms with Crippen molar-refractivity contribution in [3.8, 4) is 0 Å². The molecule has 0 fully saturated rings. The molecule has 0 saturated heterocycles. The first-order valence-electron chi connectivity index (χ1n) is 6.85. The summed E-state index contributed by atoms with van der Waals surface area (Å²) >= 11 is 1.56. The number of aromatic nitrogens is 1. The number of nitrogens with zero attached hydrogens (tertiary/aromatic N) is 1. The molecular weight excluding hydrogens is 268 g/mol. The van der Waals surface area contributed by atoms with Gasteiger partial charge in [0.05, 0.1) is 0 Å². The second kappa shape index (κ2) is 8.58. The third-order valence-electron chi connectivity index (χ3n) is 2.30. The maximum atomic E-state index is 6.02. The van der Waals surface area contributed by atoms with Crippen LogP contribution in [0.25, 0.3) is 0 Å². The van der Waals surface area contributed by atoms with E-state index in [9.17, 15) is 0 Å². The van der Waals surface area contributed by atoms with Gasteiger partial charge in [-0.15, -0.1) is 0 Å². The molecule has 7 heteroatoms. The summed E-state index contributed by atoms with van der Waals surface area (Å²) in [5.74, 6) is 0. The molecule has 0 bridgehead atoms. The van der Waals surface area contributed by atoms with Gasteiger partial charge in [0.2, 0.25) is 0 Å². The van der Waals surface area contributed by atoms with Crippen LogP contribution < -0.4 is 23.8 Å². The molecule has 0 radical (unpaired) electrons. The van der Waals surface area contributed by atoms with Crippen molar-refractivity contribution in [1.29, 1.82) is 0 Å². The van der Waals surface area contributed by atoms with Crippen LogP contribution in [0.15, 0.2) is 6.20 Å². The van der Waals surface area contributed by atoms with Crippen molar-refractivity contribution in [3.05, 3.63) is 11.1 Å². The van der Waals surface area contributed by atoms with Crippen molar-refractivity contribution >= 4 is 23.0 Å². The molecule has 1 heterocycles. The number of hydrogen-bond donors (Lipinski definition) is 0. The van der Waals surface area contributed by atoms with Gasteiger partial charge in [0, 0.05) is 34.3 Å². The van der Waals surface area contributed by atoms with Crippen LogP contribution in [-0.4, -0.2) is 30.1 Å². The van der Waals surface area contributed by atoms with Crippen molar-refractivity contribution < 1.29 is 32.8 Å². The standard InChI is InChI=1S/C13H25BNO3S.Li/c1-9(2)16-14(17-10(3)4,18-11(5)6)13-15-8-12(7)19-13;/h8-11H,1-7H3;/q-1;+1. The molecule has 0 atom stereocenters. The van der Waals surface area contributed by atoms with Crippen LogP contribution in [0.1, 0.15) is 46.4 Å². The van der Waals surface area contributed by atoms with E-state index >= 15 is 0 Å². The van der Waals surface area contributed by atoms with Gasteiger partial charge in [-0.05, 0) is 48.5 Å². The Morgan fingerprint density at radius 1 is 0.950 bits per heavy atom. The maximum Gasteiger partial charge on any atom is 1.00 e. The summed E-state index contributed by atoms with van der Waals surface area (Å²) in [6.07, 6.45) is 1.83. The van der Waals surface area contributed by atoms with E-state index in [2.05, 4.69) is 4.98 Å². The summed E-state index contributed by atoms with van der Waals surface area (Å²) in [6, 6.07) is 0. The second-order valence-corrected chi connectivity index (χ2v) is 6.77. The smallest absolute Gasteiger partial charge is 0.537 e. The Morgan fingerprint density at radius 3 is 1.60 bits per heavy atom. The zero-order valence-electron chi connectivity index (χ0n) is 14.0. The molecule has 1 rings (SSSR count). The first-order valence-corrected chi connectivity index (χ1v) is 7.66. The quantitative estimate of drug-likeness (QED) is 0.657. The largest absolute Gasteiger partial charge is 1.00 e. The van der Waals surface area contributed by atoms with Gasteiger partial charge in [0.15, 0.2) is 0 Å². The predicted octanol–water partition coefficient (Wildman–Crippen LogP) is -0.124. The summed E-state index contributed by atoms with van der Waals surface area (Å²) in [5, 5.41) is 0. The van der Waals surface area contributed by atoms with Crippen LogP contribution in [-0.2, 0) is 14.0 Å². The minimum absolute atomic E-state index is 0. The van der Waals surface area contributed by atoms with Gasteiger partial charge in [-0.2, -0.15) is 11.3 Å². The molecular formula is C13H25BLiNO3S. The Morgan fingerprint density at radius 2 is 1.35 bits per heavy atom. The topological polar surface area (TPSA) is 40.6 Å². The van der Waals surface area contributed by atoms with Gasteiger partial charge in [-0.25, -0.2) is 0 Å². The summed E-state index contributed by atoms with van der Waals surface area (Å²) < 4.78 is 18.1. The molecule has 20 heavy (non-hydrogen) atoms. The molecule has 0 amide bonds. The fourth-order valence-electron chi connectivity index (χ4n) is 1.88.